The number of imide groups is 1. The fourth-order valence-corrected chi connectivity index (χ4v) is 3.68. The van der Waals surface area contributed by atoms with Crippen LogP contribution >= 0.6 is 23.1 Å². The molecule has 7 heteroatoms. The molecule has 1 aromatic rings. The second-order valence-electron chi connectivity index (χ2n) is 4.91. The lowest BCUT2D eigenvalue weighted by Crippen LogP contribution is -2.29. The van der Waals surface area contributed by atoms with Crippen LogP contribution in [0.25, 0.3) is 6.08 Å². The molecule has 2 rings (SSSR count). The van der Waals surface area contributed by atoms with Crippen LogP contribution in [0, 0.1) is 0 Å². The quantitative estimate of drug-likeness (QED) is 0.575. The molecule has 1 saturated heterocycles. The standard InChI is InChI=1S/C15H17NO4S2/c17-13(18)7-3-1-2-4-8-16-14(19)12(22-15(16)20)10-11-6-5-9-21-11/h5-6,9-10H,1-4,7-8H2,(H,17,18)/b12-10-. The van der Waals surface area contributed by atoms with Crippen molar-refractivity contribution >= 4 is 46.3 Å². The Morgan fingerprint density at radius 3 is 2.68 bits per heavy atom. The lowest BCUT2D eigenvalue weighted by Gasteiger charge is -2.11. The summed E-state index contributed by atoms with van der Waals surface area (Å²) in [6.45, 7) is 0.402. The van der Waals surface area contributed by atoms with Gasteiger partial charge in [-0.15, -0.1) is 11.3 Å². The van der Waals surface area contributed by atoms with Crippen molar-refractivity contribution in [3.63, 3.8) is 0 Å². The SMILES string of the molecule is O=C(O)CCCCCCN1C(=O)S/C(=C\c2cccs2)C1=O. The van der Waals surface area contributed by atoms with Crippen LogP contribution in [0.15, 0.2) is 22.4 Å². The predicted octanol–water partition coefficient (Wildman–Crippen LogP) is 3.82. The maximum absolute atomic E-state index is 12.2. The molecule has 0 unspecified atom stereocenters. The van der Waals surface area contributed by atoms with E-state index in [1.807, 2.05) is 17.5 Å². The number of thioether (sulfide) groups is 1. The van der Waals surface area contributed by atoms with E-state index in [0.29, 0.717) is 24.3 Å². The number of amides is 2. The van der Waals surface area contributed by atoms with Gasteiger partial charge in [0.2, 0.25) is 0 Å². The Balaban J connectivity index is 1.79. The van der Waals surface area contributed by atoms with Gasteiger partial charge in [0.05, 0.1) is 4.91 Å². The summed E-state index contributed by atoms with van der Waals surface area (Å²) in [5.74, 6) is -1.02. The topological polar surface area (TPSA) is 74.7 Å². The molecule has 1 N–H and O–H groups in total. The minimum absolute atomic E-state index is 0.172. The number of nitrogens with zero attached hydrogens (tertiary/aromatic N) is 1. The number of rotatable bonds is 8. The van der Waals surface area contributed by atoms with E-state index in [1.165, 1.54) is 16.2 Å². The number of carbonyl (C=O) groups excluding carboxylic acids is 2. The highest BCUT2D eigenvalue weighted by Gasteiger charge is 2.34. The van der Waals surface area contributed by atoms with Gasteiger partial charge in [-0.25, -0.2) is 0 Å². The Kier molecular flexibility index (Phi) is 6.21. The molecule has 5 nitrogen and oxygen atoms in total. The summed E-state index contributed by atoms with van der Waals surface area (Å²) >= 11 is 2.50. The van der Waals surface area contributed by atoms with Crippen molar-refractivity contribution in [3.8, 4) is 0 Å². The average Bonchev–Trinajstić information content (AvgIpc) is 3.05. The van der Waals surface area contributed by atoms with E-state index in [0.717, 1.165) is 29.5 Å². The largest absolute Gasteiger partial charge is 0.481 e. The van der Waals surface area contributed by atoms with Gasteiger partial charge < -0.3 is 5.11 Å². The number of aliphatic carboxylic acids is 1. The zero-order valence-electron chi connectivity index (χ0n) is 12.0. The Labute approximate surface area is 137 Å². The molecule has 0 radical (unpaired) electrons. The summed E-state index contributed by atoms with van der Waals surface area (Å²) in [5.41, 5.74) is 0. The van der Waals surface area contributed by atoms with Gasteiger partial charge in [0.25, 0.3) is 11.1 Å². The van der Waals surface area contributed by atoms with E-state index in [-0.39, 0.29) is 17.6 Å². The lowest BCUT2D eigenvalue weighted by molar-refractivity contribution is -0.137. The highest BCUT2D eigenvalue weighted by Crippen LogP contribution is 2.33. The minimum Gasteiger partial charge on any atom is -0.481 e. The summed E-state index contributed by atoms with van der Waals surface area (Å²) < 4.78 is 0. The molecule has 1 aromatic heterocycles. The maximum atomic E-state index is 12.2. The zero-order chi connectivity index (χ0) is 15.9. The fraction of sp³-hybridized carbons (Fsp3) is 0.400. The first-order valence-corrected chi connectivity index (χ1v) is 8.78. The van der Waals surface area contributed by atoms with Gasteiger partial charge >= 0.3 is 5.97 Å². The molecule has 0 saturated carbocycles. The molecule has 2 heterocycles. The molecule has 1 fully saturated rings. The monoisotopic (exact) mass is 339 g/mol. The molecule has 1 aliphatic heterocycles. The van der Waals surface area contributed by atoms with E-state index in [1.54, 1.807) is 6.08 Å². The molecule has 0 aliphatic carbocycles. The third-order valence-electron chi connectivity index (χ3n) is 3.21. The van der Waals surface area contributed by atoms with E-state index >= 15 is 0 Å². The van der Waals surface area contributed by atoms with Crippen LogP contribution in [0.5, 0.6) is 0 Å². The van der Waals surface area contributed by atoms with E-state index < -0.39 is 5.97 Å². The number of hydrogen-bond acceptors (Lipinski definition) is 5. The normalized spacial score (nSPS) is 16.7. The fourth-order valence-electron chi connectivity index (χ4n) is 2.10. The molecule has 118 valence electrons. The Morgan fingerprint density at radius 2 is 2.00 bits per heavy atom. The van der Waals surface area contributed by atoms with Crippen LogP contribution < -0.4 is 0 Å². The molecular weight excluding hydrogens is 322 g/mol. The van der Waals surface area contributed by atoms with E-state index in [2.05, 4.69) is 0 Å². The smallest absolute Gasteiger partial charge is 0.303 e. The van der Waals surface area contributed by atoms with Gasteiger partial charge in [0.1, 0.15) is 0 Å². The van der Waals surface area contributed by atoms with Crippen molar-refractivity contribution in [2.45, 2.75) is 32.1 Å². The molecule has 22 heavy (non-hydrogen) atoms. The first-order chi connectivity index (χ1) is 10.6. The van der Waals surface area contributed by atoms with Crippen molar-refractivity contribution in [3.05, 3.63) is 27.3 Å². The molecule has 0 bridgehead atoms. The number of hydrogen-bond donors (Lipinski definition) is 1. The predicted molar refractivity (Wildman–Crippen MR) is 87.7 cm³/mol. The van der Waals surface area contributed by atoms with Crippen molar-refractivity contribution in [2.24, 2.45) is 0 Å². The van der Waals surface area contributed by atoms with Crippen molar-refractivity contribution < 1.29 is 19.5 Å². The molecule has 2 amide bonds. The average molecular weight is 339 g/mol. The summed E-state index contributed by atoms with van der Waals surface area (Å²) in [5, 5.41) is 10.2. The van der Waals surface area contributed by atoms with Crippen LogP contribution in [-0.2, 0) is 9.59 Å². The zero-order valence-corrected chi connectivity index (χ0v) is 13.6. The lowest BCUT2D eigenvalue weighted by atomic mass is 10.1. The van der Waals surface area contributed by atoms with Crippen LogP contribution in [-0.4, -0.2) is 33.7 Å². The minimum atomic E-state index is -0.787. The summed E-state index contributed by atoms with van der Waals surface area (Å²) in [6.07, 6.45) is 4.89. The van der Waals surface area contributed by atoms with Gasteiger partial charge in [-0.3, -0.25) is 19.3 Å². The second-order valence-corrected chi connectivity index (χ2v) is 6.88. The number of thiophene rings is 1. The second kappa shape index (κ2) is 8.14. The highest BCUT2D eigenvalue weighted by atomic mass is 32.2. The van der Waals surface area contributed by atoms with Gasteiger partial charge in [0, 0.05) is 17.8 Å². The van der Waals surface area contributed by atoms with Crippen LogP contribution in [0.4, 0.5) is 4.79 Å². The molecular formula is C15H17NO4S2. The number of carboxylic acids is 1. The van der Waals surface area contributed by atoms with Gasteiger partial charge in [-0.05, 0) is 42.1 Å². The highest BCUT2D eigenvalue weighted by molar-refractivity contribution is 8.18. The van der Waals surface area contributed by atoms with Crippen LogP contribution in [0.1, 0.15) is 37.0 Å². The molecule has 0 spiro atoms. The van der Waals surface area contributed by atoms with Crippen molar-refractivity contribution in [2.75, 3.05) is 6.54 Å². The first-order valence-electron chi connectivity index (χ1n) is 7.08. The first kappa shape index (κ1) is 16.8. The number of carboxylic acid groups (broad SMARTS) is 1. The van der Waals surface area contributed by atoms with Gasteiger partial charge in [-0.1, -0.05) is 18.9 Å². The Morgan fingerprint density at radius 1 is 1.23 bits per heavy atom. The molecule has 1 aliphatic rings. The Bertz CT molecular complexity index is 580. The Hall–Kier alpha value is -1.60. The third-order valence-corrected chi connectivity index (χ3v) is 4.94. The summed E-state index contributed by atoms with van der Waals surface area (Å²) in [6, 6.07) is 3.80. The third kappa shape index (κ3) is 4.71. The maximum Gasteiger partial charge on any atom is 0.303 e. The number of unbranched alkanes of at least 4 members (excludes halogenated alkanes) is 3. The van der Waals surface area contributed by atoms with Crippen molar-refractivity contribution in [1.82, 2.24) is 4.90 Å². The van der Waals surface area contributed by atoms with Crippen LogP contribution in [0.2, 0.25) is 0 Å². The van der Waals surface area contributed by atoms with Crippen molar-refractivity contribution in [1.29, 1.82) is 0 Å². The summed E-state index contributed by atoms with van der Waals surface area (Å²) in [4.78, 5) is 37.2. The van der Waals surface area contributed by atoms with Gasteiger partial charge in [-0.2, -0.15) is 0 Å². The summed E-state index contributed by atoms with van der Waals surface area (Å²) in [7, 11) is 0. The molecule has 0 atom stereocenters. The molecule has 0 aromatic carbocycles. The van der Waals surface area contributed by atoms with E-state index in [9.17, 15) is 14.4 Å². The van der Waals surface area contributed by atoms with Gasteiger partial charge in [0.15, 0.2) is 0 Å². The number of carbonyl (C=O) groups is 3. The van der Waals surface area contributed by atoms with Crippen LogP contribution in [0.3, 0.4) is 0 Å². The van der Waals surface area contributed by atoms with E-state index in [4.69, 9.17) is 5.11 Å².